The Morgan fingerprint density at radius 2 is 2.00 bits per heavy atom. The summed E-state index contributed by atoms with van der Waals surface area (Å²) in [5, 5.41) is 3.29. The van der Waals surface area contributed by atoms with Crippen LogP contribution >= 0.6 is 0 Å². The lowest BCUT2D eigenvalue weighted by Gasteiger charge is -2.23. The first-order valence-corrected chi connectivity index (χ1v) is 7.13. The molecule has 3 nitrogen and oxygen atoms in total. The molecule has 0 radical (unpaired) electrons. The number of amides is 1. The molecule has 1 N–H and O–H groups in total. The smallest absolute Gasteiger partial charge is 0.253 e. The predicted octanol–water partition coefficient (Wildman–Crippen LogP) is 3.54. The normalized spacial score (nSPS) is 10.6. The molecule has 0 fully saturated rings. The fourth-order valence-electron chi connectivity index (χ4n) is 2.16. The maximum Gasteiger partial charge on any atom is 0.253 e. The van der Waals surface area contributed by atoms with Crippen molar-refractivity contribution in [1.82, 2.24) is 4.90 Å². The molecule has 1 amide bonds. The molecule has 1 rings (SSSR count). The molecule has 0 saturated carbocycles. The van der Waals surface area contributed by atoms with Crippen molar-refractivity contribution in [3.8, 4) is 0 Å². The van der Waals surface area contributed by atoms with Gasteiger partial charge >= 0.3 is 0 Å². The van der Waals surface area contributed by atoms with Crippen LogP contribution in [0.1, 0.15) is 43.6 Å². The highest BCUT2D eigenvalue weighted by atomic mass is 16.2. The Labute approximate surface area is 117 Å². The minimum atomic E-state index is 0.127. The van der Waals surface area contributed by atoms with E-state index in [1.165, 1.54) is 0 Å². The standard InChI is InChI=1S/C16H26N2O/c1-6-17-15-9-8-14(10-13(15)5)16(19)18(7-2)11-12(3)4/h8-10,12,17H,6-7,11H2,1-5H3. The van der Waals surface area contributed by atoms with Crippen molar-refractivity contribution in [2.24, 2.45) is 5.92 Å². The summed E-state index contributed by atoms with van der Waals surface area (Å²) in [6, 6.07) is 5.88. The molecule has 0 aliphatic heterocycles. The van der Waals surface area contributed by atoms with Crippen LogP contribution in [0.5, 0.6) is 0 Å². The van der Waals surface area contributed by atoms with Crippen LogP contribution in [0.4, 0.5) is 5.69 Å². The van der Waals surface area contributed by atoms with Crippen LogP contribution in [0, 0.1) is 12.8 Å². The van der Waals surface area contributed by atoms with E-state index in [0.717, 1.165) is 36.4 Å². The molecule has 0 aromatic heterocycles. The maximum atomic E-state index is 12.4. The lowest BCUT2D eigenvalue weighted by Crippen LogP contribution is -2.34. The van der Waals surface area contributed by atoms with Crippen LogP contribution in [0.15, 0.2) is 18.2 Å². The van der Waals surface area contributed by atoms with Gasteiger partial charge < -0.3 is 10.2 Å². The number of nitrogens with zero attached hydrogens (tertiary/aromatic N) is 1. The van der Waals surface area contributed by atoms with Crippen molar-refractivity contribution in [2.45, 2.75) is 34.6 Å². The highest BCUT2D eigenvalue weighted by Gasteiger charge is 2.15. The molecule has 0 saturated heterocycles. The monoisotopic (exact) mass is 262 g/mol. The zero-order valence-corrected chi connectivity index (χ0v) is 12.8. The average Bonchev–Trinajstić information content (AvgIpc) is 2.37. The number of aryl methyl sites for hydroxylation is 1. The molecule has 0 aliphatic carbocycles. The van der Waals surface area contributed by atoms with Gasteiger partial charge in [-0.1, -0.05) is 13.8 Å². The summed E-state index contributed by atoms with van der Waals surface area (Å²) in [7, 11) is 0. The number of hydrogen-bond acceptors (Lipinski definition) is 2. The molecule has 0 atom stereocenters. The predicted molar refractivity (Wildman–Crippen MR) is 81.8 cm³/mol. The fourth-order valence-corrected chi connectivity index (χ4v) is 2.16. The van der Waals surface area contributed by atoms with Gasteiger partial charge in [0, 0.05) is 30.9 Å². The molecule has 3 heteroatoms. The zero-order chi connectivity index (χ0) is 14.4. The van der Waals surface area contributed by atoms with Crippen molar-refractivity contribution < 1.29 is 4.79 Å². The molecule has 0 aliphatic rings. The van der Waals surface area contributed by atoms with Gasteiger partial charge in [0.2, 0.25) is 0 Å². The van der Waals surface area contributed by atoms with Gasteiger partial charge in [0.05, 0.1) is 0 Å². The number of benzene rings is 1. The third kappa shape index (κ3) is 4.27. The van der Waals surface area contributed by atoms with Gasteiger partial charge in [-0.05, 0) is 50.5 Å². The van der Waals surface area contributed by atoms with Crippen molar-refractivity contribution in [2.75, 3.05) is 25.0 Å². The van der Waals surface area contributed by atoms with Crippen LogP contribution in [-0.4, -0.2) is 30.4 Å². The lowest BCUT2D eigenvalue weighted by atomic mass is 10.1. The van der Waals surface area contributed by atoms with E-state index in [0.29, 0.717) is 5.92 Å². The van der Waals surface area contributed by atoms with Gasteiger partial charge in [-0.2, -0.15) is 0 Å². The minimum Gasteiger partial charge on any atom is -0.385 e. The van der Waals surface area contributed by atoms with Crippen LogP contribution in [0.3, 0.4) is 0 Å². The Bertz CT molecular complexity index is 427. The van der Waals surface area contributed by atoms with Crippen molar-refractivity contribution in [1.29, 1.82) is 0 Å². The Morgan fingerprint density at radius 1 is 1.32 bits per heavy atom. The van der Waals surface area contributed by atoms with E-state index in [-0.39, 0.29) is 5.91 Å². The van der Waals surface area contributed by atoms with Crippen molar-refractivity contribution in [3.63, 3.8) is 0 Å². The van der Waals surface area contributed by atoms with E-state index < -0.39 is 0 Å². The van der Waals surface area contributed by atoms with E-state index >= 15 is 0 Å². The Hall–Kier alpha value is -1.51. The van der Waals surface area contributed by atoms with Gasteiger partial charge in [0.15, 0.2) is 0 Å². The van der Waals surface area contributed by atoms with E-state index in [1.807, 2.05) is 36.9 Å². The largest absolute Gasteiger partial charge is 0.385 e. The number of hydrogen-bond donors (Lipinski definition) is 1. The molecule has 0 bridgehead atoms. The Morgan fingerprint density at radius 3 is 2.47 bits per heavy atom. The maximum absolute atomic E-state index is 12.4. The quantitative estimate of drug-likeness (QED) is 0.850. The van der Waals surface area contributed by atoms with Crippen LogP contribution in [-0.2, 0) is 0 Å². The fraction of sp³-hybridized carbons (Fsp3) is 0.562. The second-order valence-electron chi connectivity index (χ2n) is 5.30. The third-order valence-electron chi connectivity index (χ3n) is 3.10. The van der Waals surface area contributed by atoms with Gasteiger partial charge in [0.1, 0.15) is 0 Å². The van der Waals surface area contributed by atoms with E-state index in [4.69, 9.17) is 0 Å². The minimum absolute atomic E-state index is 0.127. The molecule has 1 aromatic rings. The van der Waals surface area contributed by atoms with Crippen LogP contribution in [0.25, 0.3) is 0 Å². The topological polar surface area (TPSA) is 32.3 Å². The lowest BCUT2D eigenvalue weighted by molar-refractivity contribution is 0.0745. The first-order valence-electron chi connectivity index (χ1n) is 7.13. The van der Waals surface area contributed by atoms with E-state index in [2.05, 4.69) is 26.1 Å². The molecule has 106 valence electrons. The summed E-state index contributed by atoms with van der Waals surface area (Å²) in [6.07, 6.45) is 0. The van der Waals surface area contributed by atoms with E-state index in [1.54, 1.807) is 0 Å². The third-order valence-corrected chi connectivity index (χ3v) is 3.10. The van der Waals surface area contributed by atoms with Crippen LogP contribution in [0.2, 0.25) is 0 Å². The summed E-state index contributed by atoms with van der Waals surface area (Å²) < 4.78 is 0. The highest BCUT2D eigenvalue weighted by Crippen LogP contribution is 2.18. The summed E-state index contributed by atoms with van der Waals surface area (Å²) in [4.78, 5) is 14.3. The second-order valence-corrected chi connectivity index (χ2v) is 5.30. The first kappa shape index (κ1) is 15.5. The van der Waals surface area contributed by atoms with Gasteiger partial charge in [-0.15, -0.1) is 0 Å². The van der Waals surface area contributed by atoms with Crippen LogP contribution < -0.4 is 5.32 Å². The molecule has 0 spiro atoms. The van der Waals surface area contributed by atoms with Crippen molar-refractivity contribution >= 4 is 11.6 Å². The van der Waals surface area contributed by atoms with Crippen molar-refractivity contribution in [3.05, 3.63) is 29.3 Å². The highest BCUT2D eigenvalue weighted by molar-refractivity contribution is 5.95. The second kappa shape index (κ2) is 7.17. The van der Waals surface area contributed by atoms with Gasteiger partial charge in [-0.25, -0.2) is 0 Å². The number of carbonyl (C=O) groups excluding carboxylic acids is 1. The molecular weight excluding hydrogens is 236 g/mol. The number of carbonyl (C=O) groups is 1. The Kier molecular flexibility index (Phi) is 5.87. The molecule has 0 heterocycles. The summed E-state index contributed by atoms with van der Waals surface area (Å²) >= 11 is 0. The molecule has 0 unspecified atom stereocenters. The summed E-state index contributed by atoms with van der Waals surface area (Å²) in [5.41, 5.74) is 3.00. The Balaban J connectivity index is 2.89. The SMILES string of the molecule is CCNc1ccc(C(=O)N(CC)CC(C)C)cc1C. The van der Waals surface area contributed by atoms with Gasteiger partial charge in [-0.3, -0.25) is 4.79 Å². The summed E-state index contributed by atoms with van der Waals surface area (Å²) in [6.45, 7) is 12.9. The number of nitrogens with one attached hydrogen (secondary N) is 1. The van der Waals surface area contributed by atoms with E-state index in [9.17, 15) is 4.79 Å². The average molecular weight is 262 g/mol. The molecular formula is C16H26N2O. The number of anilines is 1. The first-order chi connectivity index (χ1) is 8.99. The number of rotatable bonds is 6. The zero-order valence-electron chi connectivity index (χ0n) is 12.8. The molecule has 1 aromatic carbocycles. The van der Waals surface area contributed by atoms with Gasteiger partial charge in [0.25, 0.3) is 5.91 Å². The molecule has 19 heavy (non-hydrogen) atoms. The summed E-state index contributed by atoms with van der Waals surface area (Å²) in [5.74, 6) is 0.619.